The summed E-state index contributed by atoms with van der Waals surface area (Å²) in [6.07, 6.45) is 1.15. The van der Waals surface area contributed by atoms with Gasteiger partial charge in [-0.05, 0) is 47.7 Å². The minimum absolute atomic E-state index is 0.208. The van der Waals surface area contributed by atoms with E-state index in [4.69, 9.17) is 0 Å². The first-order chi connectivity index (χ1) is 13.9. The number of sulfonamides is 1. The highest BCUT2D eigenvalue weighted by atomic mass is 32.2. The molecule has 29 heavy (non-hydrogen) atoms. The van der Waals surface area contributed by atoms with E-state index in [0.717, 1.165) is 17.2 Å². The molecular formula is C22H19FN2O3S. The molecule has 0 saturated carbocycles. The van der Waals surface area contributed by atoms with E-state index in [2.05, 4.69) is 10.0 Å². The summed E-state index contributed by atoms with van der Waals surface area (Å²) < 4.78 is 43.0. The van der Waals surface area contributed by atoms with Crippen molar-refractivity contribution in [2.75, 3.05) is 10.0 Å². The molecule has 148 valence electrons. The molecule has 0 radical (unpaired) electrons. The lowest BCUT2D eigenvalue weighted by atomic mass is 10.0. The van der Waals surface area contributed by atoms with Crippen molar-refractivity contribution in [2.45, 2.75) is 24.2 Å². The van der Waals surface area contributed by atoms with Crippen LogP contribution in [0.3, 0.4) is 0 Å². The third kappa shape index (κ3) is 4.14. The molecule has 0 aliphatic carbocycles. The van der Waals surface area contributed by atoms with Crippen molar-refractivity contribution >= 4 is 27.3 Å². The standard InChI is InChI=1S/C22H19FN2O3S/c23-18-14-20-17(10-11-22(26)24-20)13-21(18)29(27,28)25-19-9-5-4-8-16(19)12-15-6-2-1-3-7-15/h1-9,13-14,25H,10-12H2,(H,24,26). The monoisotopic (exact) mass is 410 g/mol. The van der Waals surface area contributed by atoms with Gasteiger partial charge in [-0.3, -0.25) is 9.52 Å². The van der Waals surface area contributed by atoms with Crippen LogP contribution >= 0.6 is 0 Å². The van der Waals surface area contributed by atoms with Gasteiger partial charge in [-0.15, -0.1) is 0 Å². The van der Waals surface area contributed by atoms with Gasteiger partial charge in [0.1, 0.15) is 10.7 Å². The molecule has 0 bridgehead atoms. The van der Waals surface area contributed by atoms with Gasteiger partial charge in [0.15, 0.2) is 0 Å². The van der Waals surface area contributed by atoms with Crippen LogP contribution in [-0.4, -0.2) is 14.3 Å². The van der Waals surface area contributed by atoms with Gasteiger partial charge >= 0.3 is 0 Å². The van der Waals surface area contributed by atoms with Gasteiger partial charge in [-0.25, -0.2) is 12.8 Å². The third-order valence-corrected chi connectivity index (χ3v) is 6.22. The smallest absolute Gasteiger partial charge is 0.264 e. The SMILES string of the molecule is O=C1CCc2cc(S(=O)(=O)Nc3ccccc3Cc3ccccc3)c(F)cc2N1. The Balaban J connectivity index is 1.66. The summed E-state index contributed by atoms with van der Waals surface area (Å²) in [6.45, 7) is 0. The Hall–Kier alpha value is -3.19. The summed E-state index contributed by atoms with van der Waals surface area (Å²) >= 11 is 0. The Bertz CT molecular complexity index is 1180. The quantitative estimate of drug-likeness (QED) is 0.665. The third-order valence-electron chi connectivity index (χ3n) is 4.84. The topological polar surface area (TPSA) is 75.3 Å². The molecule has 0 fully saturated rings. The maximum absolute atomic E-state index is 14.6. The highest BCUT2D eigenvalue weighted by molar-refractivity contribution is 7.92. The fourth-order valence-electron chi connectivity index (χ4n) is 3.38. The number of benzene rings is 3. The first-order valence-corrected chi connectivity index (χ1v) is 10.7. The fourth-order valence-corrected chi connectivity index (χ4v) is 4.59. The number of carbonyl (C=O) groups is 1. The van der Waals surface area contributed by atoms with Crippen molar-refractivity contribution in [2.24, 2.45) is 0 Å². The number of anilines is 2. The van der Waals surface area contributed by atoms with Crippen molar-refractivity contribution in [1.82, 2.24) is 0 Å². The Morgan fingerprint density at radius 3 is 2.48 bits per heavy atom. The van der Waals surface area contributed by atoms with Gasteiger partial charge in [-0.2, -0.15) is 0 Å². The number of fused-ring (bicyclic) bond motifs is 1. The maximum Gasteiger partial charge on any atom is 0.264 e. The van der Waals surface area contributed by atoms with Gasteiger partial charge < -0.3 is 5.32 Å². The fraction of sp³-hybridized carbons (Fsp3) is 0.136. The molecule has 2 N–H and O–H groups in total. The lowest BCUT2D eigenvalue weighted by Crippen LogP contribution is -2.21. The summed E-state index contributed by atoms with van der Waals surface area (Å²) in [5, 5.41) is 2.57. The molecule has 1 amide bonds. The van der Waals surface area contributed by atoms with E-state index in [1.807, 2.05) is 42.5 Å². The molecule has 0 atom stereocenters. The zero-order valence-electron chi connectivity index (χ0n) is 15.5. The molecule has 0 unspecified atom stereocenters. The molecule has 3 aromatic rings. The lowest BCUT2D eigenvalue weighted by molar-refractivity contribution is -0.116. The average molecular weight is 410 g/mol. The average Bonchev–Trinajstić information content (AvgIpc) is 2.69. The Morgan fingerprint density at radius 2 is 1.69 bits per heavy atom. The van der Waals surface area contributed by atoms with Crippen LogP contribution < -0.4 is 10.0 Å². The zero-order chi connectivity index (χ0) is 20.4. The largest absolute Gasteiger partial charge is 0.326 e. The lowest BCUT2D eigenvalue weighted by Gasteiger charge is -2.19. The summed E-state index contributed by atoms with van der Waals surface area (Å²) in [4.78, 5) is 11.1. The number of hydrogen-bond acceptors (Lipinski definition) is 3. The van der Waals surface area contributed by atoms with E-state index in [9.17, 15) is 17.6 Å². The van der Waals surface area contributed by atoms with Crippen LogP contribution in [-0.2, 0) is 27.7 Å². The Morgan fingerprint density at radius 1 is 0.966 bits per heavy atom. The highest BCUT2D eigenvalue weighted by Crippen LogP contribution is 2.30. The van der Waals surface area contributed by atoms with E-state index in [-0.39, 0.29) is 12.3 Å². The van der Waals surface area contributed by atoms with Gasteiger partial charge in [0.05, 0.1) is 5.69 Å². The first-order valence-electron chi connectivity index (χ1n) is 9.19. The summed E-state index contributed by atoms with van der Waals surface area (Å²) in [7, 11) is -4.14. The van der Waals surface area contributed by atoms with Crippen molar-refractivity contribution in [1.29, 1.82) is 0 Å². The summed E-state index contributed by atoms with van der Waals surface area (Å²) in [5.41, 5.74) is 3.15. The highest BCUT2D eigenvalue weighted by Gasteiger charge is 2.25. The predicted octanol–water partition coefficient (Wildman–Crippen LogP) is 4.10. The molecule has 1 aliphatic rings. The Kier molecular flexibility index (Phi) is 5.07. The molecule has 5 nitrogen and oxygen atoms in total. The van der Waals surface area contributed by atoms with Gasteiger partial charge in [-0.1, -0.05) is 48.5 Å². The molecule has 0 saturated heterocycles. The van der Waals surface area contributed by atoms with Crippen molar-refractivity contribution in [3.05, 3.63) is 89.2 Å². The van der Waals surface area contributed by atoms with Crippen LogP contribution in [0.1, 0.15) is 23.1 Å². The van der Waals surface area contributed by atoms with Gasteiger partial charge in [0.2, 0.25) is 5.91 Å². The van der Waals surface area contributed by atoms with Crippen LogP contribution in [0.2, 0.25) is 0 Å². The summed E-state index contributed by atoms with van der Waals surface area (Å²) in [5.74, 6) is -1.11. The van der Waals surface area contributed by atoms with E-state index >= 15 is 0 Å². The van der Waals surface area contributed by atoms with E-state index < -0.39 is 20.7 Å². The van der Waals surface area contributed by atoms with Gasteiger partial charge in [0.25, 0.3) is 10.0 Å². The normalized spacial score (nSPS) is 13.5. The minimum atomic E-state index is -4.14. The minimum Gasteiger partial charge on any atom is -0.326 e. The van der Waals surface area contributed by atoms with Crippen molar-refractivity contribution in [3.63, 3.8) is 0 Å². The number of hydrogen-bond donors (Lipinski definition) is 2. The van der Waals surface area contributed by atoms with E-state index in [1.165, 1.54) is 6.07 Å². The number of halogens is 1. The molecule has 7 heteroatoms. The summed E-state index contributed by atoms with van der Waals surface area (Å²) in [6, 6.07) is 19.1. The number of para-hydroxylation sites is 1. The second kappa shape index (κ2) is 7.67. The van der Waals surface area contributed by atoms with E-state index in [1.54, 1.807) is 12.1 Å². The maximum atomic E-state index is 14.6. The zero-order valence-corrected chi connectivity index (χ0v) is 16.3. The number of amides is 1. The number of nitrogens with one attached hydrogen (secondary N) is 2. The number of aryl methyl sites for hydroxylation is 1. The van der Waals surface area contributed by atoms with Crippen molar-refractivity contribution < 1.29 is 17.6 Å². The predicted molar refractivity (Wildman–Crippen MR) is 110 cm³/mol. The molecule has 4 rings (SSSR count). The van der Waals surface area contributed by atoms with E-state index in [0.29, 0.717) is 29.8 Å². The van der Waals surface area contributed by atoms with Crippen LogP contribution in [0.15, 0.2) is 71.6 Å². The first kappa shape index (κ1) is 19.1. The Labute approximate surface area is 168 Å². The van der Waals surface area contributed by atoms with Crippen molar-refractivity contribution in [3.8, 4) is 0 Å². The number of carbonyl (C=O) groups excluding carboxylic acids is 1. The second-order valence-corrected chi connectivity index (χ2v) is 8.56. The van der Waals surface area contributed by atoms with Crippen LogP contribution in [0.25, 0.3) is 0 Å². The molecular weight excluding hydrogens is 391 g/mol. The van der Waals surface area contributed by atoms with Crippen LogP contribution in [0.4, 0.5) is 15.8 Å². The van der Waals surface area contributed by atoms with Crippen LogP contribution in [0.5, 0.6) is 0 Å². The molecule has 3 aromatic carbocycles. The van der Waals surface area contributed by atoms with Gasteiger partial charge in [0, 0.05) is 12.1 Å². The second-order valence-electron chi connectivity index (χ2n) is 6.91. The molecule has 0 spiro atoms. The molecule has 1 heterocycles. The number of rotatable bonds is 5. The van der Waals surface area contributed by atoms with Crippen LogP contribution in [0, 0.1) is 5.82 Å². The molecule has 0 aromatic heterocycles. The molecule has 1 aliphatic heterocycles.